The van der Waals surface area contributed by atoms with Gasteiger partial charge in [0.05, 0.1) is 5.02 Å². The van der Waals surface area contributed by atoms with E-state index < -0.39 is 10.0 Å². The van der Waals surface area contributed by atoms with E-state index in [1.54, 1.807) is 6.07 Å². The van der Waals surface area contributed by atoms with Crippen LogP contribution >= 0.6 is 35.6 Å². The number of nitrogens with zero attached hydrogens (tertiary/aromatic N) is 1. The Morgan fingerprint density at radius 3 is 2.47 bits per heavy atom. The molecule has 2 N–H and O–H groups in total. The van der Waals surface area contributed by atoms with Gasteiger partial charge in [-0.15, -0.1) is 12.4 Å². The molecule has 0 saturated carbocycles. The molecule has 0 aliphatic carbocycles. The summed E-state index contributed by atoms with van der Waals surface area (Å²) in [5.74, 6) is 0.137. The topological polar surface area (TPSA) is 63.4 Å². The second-order valence-electron chi connectivity index (χ2n) is 4.54. The van der Waals surface area contributed by atoms with E-state index in [2.05, 4.69) is 0 Å². The van der Waals surface area contributed by atoms with Gasteiger partial charge >= 0.3 is 0 Å². The number of halogens is 3. The molecule has 4 nitrogen and oxygen atoms in total. The Morgan fingerprint density at radius 1 is 1.32 bits per heavy atom. The number of hydrogen-bond donors (Lipinski definition) is 1. The Balaban J connectivity index is 0.00000180. The first-order valence-electron chi connectivity index (χ1n) is 5.53. The third-order valence-electron chi connectivity index (χ3n) is 3.15. The van der Waals surface area contributed by atoms with Crippen LogP contribution in [0, 0.1) is 5.92 Å². The SMILES string of the molecule is CC1CN(S(=O)(=O)c2cc(Cl)ccc2Cl)CC1N.Cl. The molecular weight excluding hydrogens is 331 g/mol. The lowest BCUT2D eigenvalue weighted by Crippen LogP contribution is -2.32. The summed E-state index contributed by atoms with van der Waals surface area (Å²) in [6, 6.07) is 4.27. The molecule has 2 atom stereocenters. The van der Waals surface area contributed by atoms with E-state index in [0.717, 1.165) is 0 Å². The Hall–Kier alpha value is -0.0400. The smallest absolute Gasteiger partial charge is 0.244 e. The van der Waals surface area contributed by atoms with Crippen molar-refractivity contribution < 1.29 is 8.42 Å². The van der Waals surface area contributed by atoms with Gasteiger partial charge in [-0.25, -0.2) is 8.42 Å². The summed E-state index contributed by atoms with van der Waals surface area (Å²) in [5.41, 5.74) is 5.85. The molecule has 0 spiro atoms. The maximum Gasteiger partial charge on any atom is 0.244 e. The molecule has 0 aromatic heterocycles. The molecular formula is C11H15Cl3N2O2S. The third kappa shape index (κ3) is 3.35. The Labute approximate surface area is 129 Å². The highest BCUT2D eigenvalue weighted by molar-refractivity contribution is 7.89. The predicted octanol–water partition coefficient (Wildman–Crippen LogP) is 2.38. The van der Waals surface area contributed by atoms with Gasteiger partial charge in [0, 0.05) is 24.2 Å². The first kappa shape index (κ1) is 17.0. The monoisotopic (exact) mass is 344 g/mol. The van der Waals surface area contributed by atoms with E-state index in [-0.39, 0.29) is 34.3 Å². The second-order valence-corrected chi connectivity index (χ2v) is 7.29. The van der Waals surface area contributed by atoms with Gasteiger partial charge in [0.25, 0.3) is 0 Å². The molecule has 1 aromatic carbocycles. The maximum atomic E-state index is 12.4. The van der Waals surface area contributed by atoms with Crippen LogP contribution in [0.2, 0.25) is 10.0 Å². The normalized spacial score (nSPS) is 24.2. The fourth-order valence-corrected chi connectivity index (χ4v) is 4.27. The molecule has 1 heterocycles. The van der Waals surface area contributed by atoms with Crippen molar-refractivity contribution in [3.63, 3.8) is 0 Å². The van der Waals surface area contributed by atoms with Crippen molar-refractivity contribution >= 4 is 45.6 Å². The highest BCUT2D eigenvalue weighted by Crippen LogP contribution is 2.30. The van der Waals surface area contributed by atoms with Crippen LogP contribution < -0.4 is 5.73 Å². The minimum Gasteiger partial charge on any atom is -0.326 e. The lowest BCUT2D eigenvalue weighted by atomic mass is 10.1. The molecule has 108 valence electrons. The summed E-state index contributed by atoms with van der Waals surface area (Å²) in [4.78, 5) is 0.0398. The molecule has 1 aliphatic rings. The number of nitrogens with two attached hydrogens (primary N) is 1. The van der Waals surface area contributed by atoms with Crippen LogP contribution in [0.1, 0.15) is 6.92 Å². The molecule has 2 unspecified atom stereocenters. The van der Waals surface area contributed by atoms with Crippen molar-refractivity contribution in [1.29, 1.82) is 0 Å². The van der Waals surface area contributed by atoms with Crippen LogP contribution in [0.5, 0.6) is 0 Å². The van der Waals surface area contributed by atoms with Crippen molar-refractivity contribution in [2.75, 3.05) is 13.1 Å². The average Bonchev–Trinajstić information content (AvgIpc) is 2.63. The Morgan fingerprint density at radius 2 is 1.95 bits per heavy atom. The van der Waals surface area contributed by atoms with Gasteiger partial charge in [0.15, 0.2) is 0 Å². The van der Waals surface area contributed by atoms with Crippen LogP contribution in [0.4, 0.5) is 0 Å². The minimum atomic E-state index is -3.62. The van der Waals surface area contributed by atoms with Gasteiger partial charge in [-0.05, 0) is 24.1 Å². The van der Waals surface area contributed by atoms with Crippen LogP contribution in [-0.4, -0.2) is 31.9 Å². The zero-order valence-corrected chi connectivity index (χ0v) is 13.4. The van der Waals surface area contributed by atoms with E-state index in [9.17, 15) is 8.42 Å². The molecule has 0 radical (unpaired) electrons. The zero-order valence-electron chi connectivity index (χ0n) is 10.2. The lowest BCUT2D eigenvalue weighted by molar-refractivity contribution is 0.464. The van der Waals surface area contributed by atoms with Crippen molar-refractivity contribution in [2.24, 2.45) is 11.7 Å². The molecule has 19 heavy (non-hydrogen) atoms. The largest absolute Gasteiger partial charge is 0.326 e. The van der Waals surface area contributed by atoms with Crippen LogP contribution in [0.15, 0.2) is 23.1 Å². The quantitative estimate of drug-likeness (QED) is 0.895. The second kappa shape index (κ2) is 6.16. The van der Waals surface area contributed by atoms with Crippen molar-refractivity contribution in [3.05, 3.63) is 28.2 Å². The van der Waals surface area contributed by atoms with Crippen LogP contribution in [0.3, 0.4) is 0 Å². The number of rotatable bonds is 2. The van der Waals surface area contributed by atoms with Crippen LogP contribution in [0.25, 0.3) is 0 Å². The van der Waals surface area contributed by atoms with Crippen molar-refractivity contribution in [2.45, 2.75) is 17.9 Å². The lowest BCUT2D eigenvalue weighted by Gasteiger charge is -2.17. The molecule has 2 rings (SSSR count). The van der Waals surface area contributed by atoms with Gasteiger partial charge in [0.2, 0.25) is 10.0 Å². The summed E-state index contributed by atoms with van der Waals surface area (Å²) >= 11 is 11.8. The average molecular weight is 346 g/mol. The van der Waals surface area contributed by atoms with Crippen molar-refractivity contribution in [3.8, 4) is 0 Å². The number of sulfonamides is 1. The molecule has 1 fully saturated rings. The number of benzene rings is 1. The fourth-order valence-electron chi connectivity index (χ4n) is 1.96. The third-order valence-corrected chi connectivity index (χ3v) is 5.70. The highest BCUT2D eigenvalue weighted by Gasteiger charge is 2.36. The summed E-state index contributed by atoms with van der Waals surface area (Å²) < 4.78 is 26.2. The summed E-state index contributed by atoms with van der Waals surface area (Å²) in [6.07, 6.45) is 0. The molecule has 1 aromatic rings. The Bertz CT molecular complexity index is 555. The summed E-state index contributed by atoms with van der Waals surface area (Å²) in [6.45, 7) is 2.65. The zero-order chi connectivity index (χ0) is 13.5. The van der Waals surface area contributed by atoms with Crippen molar-refractivity contribution in [1.82, 2.24) is 4.31 Å². The van der Waals surface area contributed by atoms with Gasteiger partial charge in [-0.1, -0.05) is 30.1 Å². The molecule has 8 heteroatoms. The minimum absolute atomic E-state index is 0. The summed E-state index contributed by atoms with van der Waals surface area (Å²) in [7, 11) is -3.62. The van der Waals surface area contributed by atoms with Crippen LogP contribution in [-0.2, 0) is 10.0 Å². The van der Waals surface area contributed by atoms with Gasteiger partial charge < -0.3 is 5.73 Å². The molecule has 0 bridgehead atoms. The maximum absolute atomic E-state index is 12.4. The van der Waals surface area contributed by atoms with E-state index in [1.165, 1.54) is 16.4 Å². The first-order chi connectivity index (χ1) is 8.32. The predicted molar refractivity (Wildman–Crippen MR) is 79.6 cm³/mol. The van der Waals surface area contributed by atoms with E-state index in [1.807, 2.05) is 6.92 Å². The summed E-state index contributed by atoms with van der Waals surface area (Å²) in [5, 5.41) is 0.516. The fraction of sp³-hybridized carbons (Fsp3) is 0.455. The van der Waals surface area contributed by atoms with E-state index >= 15 is 0 Å². The van der Waals surface area contributed by atoms with Gasteiger partial charge in [0.1, 0.15) is 4.90 Å². The van der Waals surface area contributed by atoms with Gasteiger partial charge in [-0.3, -0.25) is 0 Å². The standard InChI is InChI=1S/C11H14Cl2N2O2S.ClH/c1-7-5-15(6-10(7)14)18(16,17)11-4-8(12)2-3-9(11)13;/h2-4,7,10H,5-6,14H2,1H3;1H. The Kier molecular flexibility index (Phi) is 5.52. The highest BCUT2D eigenvalue weighted by atomic mass is 35.5. The van der Waals surface area contributed by atoms with E-state index in [0.29, 0.717) is 18.1 Å². The molecule has 1 saturated heterocycles. The number of hydrogen-bond acceptors (Lipinski definition) is 3. The van der Waals surface area contributed by atoms with Gasteiger partial charge in [-0.2, -0.15) is 4.31 Å². The first-order valence-corrected chi connectivity index (χ1v) is 7.72. The molecule has 0 amide bonds. The molecule has 1 aliphatic heterocycles. The van der Waals surface area contributed by atoms with E-state index in [4.69, 9.17) is 28.9 Å².